The van der Waals surface area contributed by atoms with E-state index in [-0.39, 0.29) is 17.7 Å². The minimum Gasteiger partial charge on any atom is -0.464 e. The van der Waals surface area contributed by atoms with E-state index in [2.05, 4.69) is 10.6 Å². The second-order valence-corrected chi connectivity index (χ2v) is 5.15. The van der Waals surface area contributed by atoms with E-state index in [9.17, 15) is 9.18 Å². The van der Waals surface area contributed by atoms with Crippen molar-refractivity contribution in [1.82, 2.24) is 5.32 Å². The lowest BCUT2D eigenvalue weighted by atomic mass is 9.79. The fraction of sp³-hybridized carbons (Fsp3) is 0.533. The lowest BCUT2D eigenvalue weighted by Crippen LogP contribution is -2.59. The average Bonchev–Trinajstić information content (AvgIpc) is 2.44. The molecule has 5 heteroatoms. The number of benzene rings is 1. The third kappa shape index (κ3) is 2.77. The maximum absolute atomic E-state index is 13.9. The number of para-hydroxylation sites is 1. The Hall–Kier alpha value is -1.62. The predicted octanol–water partition coefficient (Wildman–Crippen LogP) is 2.17. The summed E-state index contributed by atoms with van der Waals surface area (Å²) in [7, 11) is 0. The number of hydrogen-bond donors (Lipinski definition) is 2. The molecule has 1 aliphatic heterocycles. The molecule has 0 aromatic heterocycles. The highest BCUT2D eigenvalue weighted by Crippen LogP contribution is 2.31. The molecule has 2 N–H and O–H groups in total. The first kappa shape index (κ1) is 14.8. The third-order valence-corrected chi connectivity index (χ3v) is 3.86. The van der Waals surface area contributed by atoms with Crippen LogP contribution in [-0.4, -0.2) is 31.2 Å². The molecular weight excluding hydrogens is 259 g/mol. The SMILES string of the molecule is CCOC(=O)C1(Nc2ccccc2F)CCNCC1C. The molecule has 2 unspecified atom stereocenters. The molecule has 0 saturated carbocycles. The smallest absolute Gasteiger partial charge is 0.332 e. The lowest BCUT2D eigenvalue weighted by Gasteiger charge is -2.41. The Labute approximate surface area is 118 Å². The maximum Gasteiger partial charge on any atom is 0.332 e. The molecule has 1 aliphatic rings. The van der Waals surface area contributed by atoms with Crippen molar-refractivity contribution < 1.29 is 13.9 Å². The maximum atomic E-state index is 13.9. The molecule has 0 bridgehead atoms. The minimum atomic E-state index is -0.872. The number of nitrogens with one attached hydrogen (secondary N) is 2. The normalized spacial score (nSPS) is 26.1. The first-order valence-corrected chi connectivity index (χ1v) is 7.01. The van der Waals surface area contributed by atoms with Crippen LogP contribution in [0.4, 0.5) is 10.1 Å². The Morgan fingerprint density at radius 3 is 2.95 bits per heavy atom. The van der Waals surface area contributed by atoms with E-state index < -0.39 is 5.54 Å². The summed E-state index contributed by atoms with van der Waals surface area (Å²) in [6, 6.07) is 6.40. The number of rotatable bonds is 4. The van der Waals surface area contributed by atoms with Crippen molar-refractivity contribution in [3.05, 3.63) is 30.1 Å². The summed E-state index contributed by atoms with van der Waals surface area (Å²) in [6.45, 7) is 5.46. The van der Waals surface area contributed by atoms with Crippen molar-refractivity contribution in [2.45, 2.75) is 25.8 Å². The van der Waals surface area contributed by atoms with Crippen molar-refractivity contribution in [3.8, 4) is 0 Å². The van der Waals surface area contributed by atoms with Gasteiger partial charge in [-0.2, -0.15) is 0 Å². The van der Waals surface area contributed by atoms with Crippen LogP contribution in [0.1, 0.15) is 20.3 Å². The standard InChI is InChI=1S/C15H21FN2O2/c1-3-20-14(19)15(8-9-17-10-11(15)2)18-13-7-5-4-6-12(13)16/h4-7,11,17-18H,3,8-10H2,1-2H3. The summed E-state index contributed by atoms with van der Waals surface area (Å²) in [5, 5.41) is 6.35. The molecule has 0 aliphatic carbocycles. The van der Waals surface area contributed by atoms with Gasteiger partial charge in [-0.25, -0.2) is 9.18 Å². The van der Waals surface area contributed by atoms with Crippen molar-refractivity contribution in [1.29, 1.82) is 0 Å². The van der Waals surface area contributed by atoms with E-state index in [1.54, 1.807) is 25.1 Å². The van der Waals surface area contributed by atoms with Gasteiger partial charge in [0, 0.05) is 12.5 Å². The summed E-state index contributed by atoms with van der Waals surface area (Å²) in [5.41, 5.74) is -0.530. The van der Waals surface area contributed by atoms with Crippen LogP contribution in [0.25, 0.3) is 0 Å². The second-order valence-electron chi connectivity index (χ2n) is 5.15. The van der Waals surface area contributed by atoms with Gasteiger partial charge in [0.15, 0.2) is 0 Å². The summed E-state index contributed by atoms with van der Waals surface area (Å²) in [6.07, 6.45) is 0.571. The van der Waals surface area contributed by atoms with Crippen LogP contribution in [-0.2, 0) is 9.53 Å². The number of carbonyl (C=O) groups is 1. The summed E-state index contributed by atoms with van der Waals surface area (Å²) < 4.78 is 19.1. The van der Waals surface area contributed by atoms with E-state index >= 15 is 0 Å². The van der Waals surface area contributed by atoms with Gasteiger partial charge in [-0.1, -0.05) is 19.1 Å². The fourth-order valence-electron chi connectivity index (χ4n) is 2.63. The van der Waals surface area contributed by atoms with Crippen LogP contribution in [0.2, 0.25) is 0 Å². The van der Waals surface area contributed by atoms with Gasteiger partial charge in [-0.05, 0) is 32.0 Å². The van der Waals surface area contributed by atoms with Gasteiger partial charge < -0.3 is 15.4 Å². The van der Waals surface area contributed by atoms with Crippen LogP contribution in [0.15, 0.2) is 24.3 Å². The Bertz CT molecular complexity index is 481. The number of ether oxygens (including phenoxy) is 1. The van der Waals surface area contributed by atoms with Gasteiger partial charge >= 0.3 is 5.97 Å². The number of anilines is 1. The number of esters is 1. The van der Waals surface area contributed by atoms with Crippen molar-refractivity contribution in [2.24, 2.45) is 5.92 Å². The second kappa shape index (κ2) is 6.22. The summed E-state index contributed by atoms with van der Waals surface area (Å²) >= 11 is 0. The van der Waals surface area contributed by atoms with Crippen molar-refractivity contribution >= 4 is 11.7 Å². The van der Waals surface area contributed by atoms with Crippen molar-refractivity contribution in [2.75, 3.05) is 25.0 Å². The molecule has 1 aromatic rings. The fourth-order valence-corrected chi connectivity index (χ4v) is 2.63. The molecule has 2 atom stereocenters. The molecule has 0 radical (unpaired) electrons. The first-order chi connectivity index (χ1) is 9.60. The van der Waals surface area contributed by atoms with Gasteiger partial charge in [0.25, 0.3) is 0 Å². The number of halogens is 1. The highest BCUT2D eigenvalue weighted by Gasteiger charge is 2.46. The molecule has 1 heterocycles. The van der Waals surface area contributed by atoms with E-state index in [0.29, 0.717) is 31.8 Å². The Balaban J connectivity index is 2.31. The molecule has 1 aromatic carbocycles. The Kier molecular flexibility index (Phi) is 4.60. The predicted molar refractivity (Wildman–Crippen MR) is 76.0 cm³/mol. The number of hydrogen-bond acceptors (Lipinski definition) is 4. The van der Waals surface area contributed by atoms with Crippen LogP contribution in [0.3, 0.4) is 0 Å². The molecule has 4 nitrogen and oxygen atoms in total. The van der Waals surface area contributed by atoms with Gasteiger partial charge in [0.2, 0.25) is 0 Å². The molecule has 110 valence electrons. The zero-order chi connectivity index (χ0) is 14.6. The van der Waals surface area contributed by atoms with Crippen LogP contribution in [0.5, 0.6) is 0 Å². The number of carbonyl (C=O) groups excluding carboxylic acids is 1. The van der Waals surface area contributed by atoms with Gasteiger partial charge in [0.1, 0.15) is 11.4 Å². The Morgan fingerprint density at radius 1 is 1.55 bits per heavy atom. The van der Waals surface area contributed by atoms with E-state index in [0.717, 1.165) is 0 Å². The zero-order valence-corrected chi connectivity index (χ0v) is 11.9. The molecule has 0 spiro atoms. The molecular formula is C15H21FN2O2. The molecule has 1 saturated heterocycles. The van der Waals surface area contributed by atoms with E-state index in [1.165, 1.54) is 6.07 Å². The zero-order valence-electron chi connectivity index (χ0n) is 11.9. The van der Waals surface area contributed by atoms with Gasteiger partial charge in [-0.15, -0.1) is 0 Å². The molecule has 20 heavy (non-hydrogen) atoms. The molecule has 1 fully saturated rings. The van der Waals surface area contributed by atoms with Crippen molar-refractivity contribution in [3.63, 3.8) is 0 Å². The first-order valence-electron chi connectivity index (χ1n) is 7.01. The van der Waals surface area contributed by atoms with E-state index in [1.807, 2.05) is 6.92 Å². The number of piperidine rings is 1. The summed E-state index contributed by atoms with van der Waals surface area (Å²) in [5.74, 6) is -0.658. The molecule has 2 rings (SSSR count). The topological polar surface area (TPSA) is 50.4 Å². The Morgan fingerprint density at radius 2 is 2.30 bits per heavy atom. The van der Waals surface area contributed by atoms with Crippen LogP contribution >= 0.6 is 0 Å². The minimum absolute atomic E-state index is 0.00917. The van der Waals surface area contributed by atoms with Gasteiger partial charge in [-0.3, -0.25) is 0 Å². The molecule has 0 amide bonds. The lowest BCUT2D eigenvalue weighted by molar-refractivity contribution is -0.151. The summed E-state index contributed by atoms with van der Waals surface area (Å²) in [4.78, 5) is 12.4. The average molecular weight is 280 g/mol. The van der Waals surface area contributed by atoms with Crippen LogP contribution < -0.4 is 10.6 Å². The monoisotopic (exact) mass is 280 g/mol. The highest BCUT2D eigenvalue weighted by atomic mass is 19.1. The quantitative estimate of drug-likeness (QED) is 0.830. The highest BCUT2D eigenvalue weighted by molar-refractivity contribution is 5.85. The largest absolute Gasteiger partial charge is 0.464 e. The van der Waals surface area contributed by atoms with E-state index in [4.69, 9.17) is 4.74 Å². The third-order valence-electron chi connectivity index (χ3n) is 3.86. The van der Waals surface area contributed by atoms with Crippen LogP contribution in [0, 0.1) is 11.7 Å². The van der Waals surface area contributed by atoms with Gasteiger partial charge in [0.05, 0.1) is 12.3 Å².